The SMILES string of the molecule is O=C(O)C(Cc1ccccc1)C(=O)CO. The number of benzene rings is 1. The van der Waals surface area contributed by atoms with E-state index in [2.05, 4.69) is 0 Å². The van der Waals surface area contributed by atoms with E-state index in [0.717, 1.165) is 5.56 Å². The lowest BCUT2D eigenvalue weighted by molar-refractivity contribution is -0.147. The molecule has 1 unspecified atom stereocenters. The first-order valence-corrected chi connectivity index (χ1v) is 4.55. The first kappa shape index (κ1) is 11.4. The first-order valence-electron chi connectivity index (χ1n) is 4.55. The summed E-state index contributed by atoms with van der Waals surface area (Å²) in [5, 5.41) is 17.4. The molecule has 1 atom stereocenters. The minimum Gasteiger partial charge on any atom is -0.481 e. The molecular weight excluding hydrogens is 196 g/mol. The van der Waals surface area contributed by atoms with Crippen LogP contribution in [0.5, 0.6) is 0 Å². The maximum absolute atomic E-state index is 11.1. The van der Waals surface area contributed by atoms with Crippen molar-refractivity contribution in [2.24, 2.45) is 5.92 Å². The van der Waals surface area contributed by atoms with E-state index in [4.69, 9.17) is 10.2 Å². The lowest BCUT2D eigenvalue weighted by atomic mass is 9.96. The topological polar surface area (TPSA) is 74.6 Å². The van der Waals surface area contributed by atoms with Gasteiger partial charge in [-0.05, 0) is 12.0 Å². The van der Waals surface area contributed by atoms with Crippen LogP contribution in [0.1, 0.15) is 5.56 Å². The molecule has 0 aliphatic rings. The maximum Gasteiger partial charge on any atom is 0.314 e. The number of carboxylic acid groups (broad SMARTS) is 1. The number of hydrogen-bond acceptors (Lipinski definition) is 3. The van der Waals surface area contributed by atoms with Crippen molar-refractivity contribution in [2.75, 3.05) is 6.61 Å². The molecule has 0 bridgehead atoms. The fourth-order valence-electron chi connectivity index (χ4n) is 1.30. The molecule has 0 heterocycles. The second-order valence-corrected chi connectivity index (χ2v) is 3.20. The summed E-state index contributed by atoms with van der Waals surface area (Å²) in [6.45, 7) is -0.732. The molecule has 1 rings (SSSR count). The number of aliphatic carboxylic acids is 1. The molecular formula is C11H12O4. The molecule has 0 fully saturated rings. The normalized spacial score (nSPS) is 12.1. The minimum atomic E-state index is -1.20. The molecule has 0 saturated carbocycles. The van der Waals surface area contributed by atoms with E-state index >= 15 is 0 Å². The third kappa shape index (κ3) is 3.18. The number of rotatable bonds is 5. The second kappa shape index (κ2) is 5.26. The number of Topliss-reactive ketones (excluding diaryl/α,β-unsaturated/α-hetero) is 1. The van der Waals surface area contributed by atoms with Crippen LogP contribution in [0.3, 0.4) is 0 Å². The lowest BCUT2D eigenvalue weighted by Crippen LogP contribution is -2.28. The van der Waals surface area contributed by atoms with Crippen LogP contribution in [0, 0.1) is 5.92 Å². The Kier molecular flexibility index (Phi) is 4.00. The van der Waals surface area contributed by atoms with Gasteiger partial charge in [0.2, 0.25) is 0 Å². The van der Waals surface area contributed by atoms with Crippen LogP contribution in [-0.4, -0.2) is 28.6 Å². The van der Waals surface area contributed by atoms with Gasteiger partial charge in [-0.25, -0.2) is 0 Å². The summed E-state index contributed by atoms with van der Waals surface area (Å²) in [5.74, 6) is -3.01. The second-order valence-electron chi connectivity index (χ2n) is 3.20. The van der Waals surface area contributed by atoms with Crippen LogP contribution in [0.15, 0.2) is 30.3 Å². The quantitative estimate of drug-likeness (QED) is 0.690. The molecule has 0 radical (unpaired) electrons. The van der Waals surface area contributed by atoms with Gasteiger partial charge < -0.3 is 10.2 Å². The molecule has 80 valence electrons. The Morgan fingerprint density at radius 2 is 1.80 bits per heavy atom. The van der Waals surface area contributed by atoms with Gasteiger partial charge in [-0.2, -0.15) is 0 Å². The van der Waals surface area contributed by atoms with Crippen molar-refractivity contribution in [1.29, 1.82) is 0 Å². The van der Waals surface area contributed by atoms with Crippen molar-refractivity contribution in [1.82, 2.24) is 0 Å². The van der Waals surface area contributed by atoms with Crippen molar-refractivity contribution in [3.05, 3.63) is 35.9 Å². The van der Waals surface area contributed by atoms with Gasteiger partial charge in [-0.15, -0.1) is 0 Å². The van der Waals surface area contributed by atoms with Crippen LogP contribution in [0.25, 0.3) is 0 Å². The zero-order valence-electron chi connectivity index (χ0n) is 8.09. The summed E-state index contributed by atoms with van der Waals surface area (Å²) in [6.07, 6.45) is 0.121. The zero-order valence-corrected chi connectivity index (χ0v) is 8.09. The molecule has 0 spiro atoms. The Hall–Kier alpha value is -1.68. The molecule has 1 aromatic rings. The monoisotopic (exact) mass is 208 g/mol. The molecule has 0 saturated heterocycles. The number of carboxylic acids is 1. The number of carbonyl (C=O) groups excluding carboxylic acids is 1. The highest BCUT2D eigenvalue weighted by Crippen LogP contribution is 2.10. The van der Waals surface area contributed by atoms with E-state index in [1.54, 1.807) is 24.3 Å². The lowest BCUT2D eigenvalue weighted by Gasteiger charge is -2.09. The third-order valence-corrected chi connectivity index (χ3v) is 2.13. The van der Waals surface area contributed by atoms with Gasteiger partial charge in [0.15, 0.2) is 5.78 Å². The number of carbonyl (C=O) groups is 2. The Morgan fingerprint density at radius 1 is 1.20 bits per heavy atom. The molecule has 2 N–H and O–H groups in total. The number of aliphatic hydroxyl groups is 1. The molecule has 0 aliphatic heterocycles. The van der Waals surface area contributed by atoms with E-state index in [1.165, 1.54) is 0 Å². The van der Waals surface area contributed by atoms with Crippen LogP contribution in [-0.2, 0) is 16.0 Å². The van der Waals surface area contributed by atoms with Crippen LogP contribution in [0.2, 0.25) is 0 Å². The summed E-state index contributed by atoms with van der Waals surface area (Å²) in [6, 6.07) is 8.86. The van der Waals surface area contributed by atoms with Crippen molar-refractivity contribution < 1.29 is 19.8 Å². The average molecular weight is 208 g/mol. The largest absolute Gasteiger partial charge is 0.481 e. The summed E-state index contributed by atoms with van der Waals surface area (Å²) in [5.41, 5.74) is 0.770. The highest BCUT2D eigenvalue weighted by atomic mass is 16.4. The smallest absolute Gasteiger partial charge is 0.314 e. The highest BCUT2D eigenvalue weighted by Gasteiger charge is 2.25. The number of aliphatic hydroxyl groups excluding tert-OH is 1. The Bertz CT molecular complexity index is 345. The van der Waals surface area contributed by atoms with Crippen molar-refractivity contribution >= 4 is 11.8 Å². The predicted octanol–water partition coefficient (Wildman–Crippen LogP) is 0.491. The van der Waals surface area contributed by atoms with Crippen LogP contribution >= 0.6 is 0 Å². The fourth-order valence-corrected chi connectivity index (χ4v) is 1.30. The van der Waals surface area contributed by atoms with E-state index in [0.29, 0.717) is 0 Å². The van der Waals surface area contributed by atoms with E-state index in [-0.39, 0.29) is 6.42 Å². The standard InChI is InChI=1S/C11H12O4/c12-7-10(13)9(11(14)15)6-8-4-2-1-3-5-8/h1-5,9,12H,6-7H2,(H,14,15). The van der Waals surface area contributed by atoms with Gasteiger partial charge in [0.1, 0.15) is 12.5 Å². The Labute approximate surface area is 87.2 Å². The average Bonchev–Trinajstić information content (AvgIpc) is 2.26. The zero-order chi connectivity index (χ0) is 11.3. The number of ketones is 1. The molecule has 0 aromatic heterocycles. The maximum atomic E-state index is 11.1. The fraction of sp³-hybridized carbons (Fsp3) is 0.273. The molecule has 1 aromatic carbocycles. The van der Waals surface area contributed by atoms with Gasteiger partial charge in [-0.1, -0.05) is 30.3 Å². The molecule has 0 amide bonds. The van der Waals surface area contributed by atoms with Gasteiger partial charge in [0.25, 0.3) is 0 Å². The summed E-state index contributed by atoms with van der Waals surface area (Å²) in [7, 11) is 0. The third-order valence-electron chi connectivity index (χ3n) is 2.13. The first-order chi connectivity index (χ1) is 7.15. The summed E-state index contributed by atoms with van der Waals surface area (Å²) in [4.78, 5) is 21.9. The number of hydrogen-bond donors (Lipinski definition) is 2. The molecule has 4 nitrogen and oxygen atoms in total. The summed E-state index contributed by atoms with van der Waals surface area (Å²) >= 11 is 0. The van der Waals surface area contributed by atoms with Gasteiger partial charge >= 0.3 is 5.97 Å². The van der Waals surface area contributed by atoms with Crippen molar-refractivity contribution in [3.63, 3.8) is 0 Å². The molecule has 0 aliphatic carbocycles. The molecule has 4 heteroatoms. The van der Waals surface area contributed by atoms with E-state index < -0.39 is 24.3 Å². The van der Waals surface area contributed by atoms with E-state index in [1.807, 2.05) is 6.07 Å². The predicted molar refractivity (Wildman–Crippen MR) is 53.4 cm³/mol. The summed E-state index contributed by atoms with van der Waals surface area (Å²) < 4.78 is 0. The minimum absolute atomic E-state index is 0.121. The highest BCUT2D eigenvalue weighted by molar-refractivity contribution is 5.99. The van der Waals surface area contributed by atoms with Crippen molar-refractivity contribution in [2.45, 2.75) is 6.42 Å². The van der Waals surface area contributed by atoms with Crippen LogP contribution in [0.4, 0.5) is 0 Å². The van der Waals surface area contributed by atoms with Gasteiger partial charge in [-0.3, -0.25) is 9.59 Å². The van der Waals surface area contributed by atoms with Crippen molar-refractivity contribution in [3.8, 4) is 0 Å². The Balaban J connectivity index is 2.76. The van der Waals surface area contributed by atoms with Crippen LogP contribution < -0.4 is 0 Å². The Morgan fingerprint density at radius 3 is 2.27 bits per heavy atom. The van der Waals surface area contributed by atoms with E-state index in [9.17, 15) is 9.59 Å². The molecule has 15 heavy (non-hydrogen) atoms. The van der Waals surface area contributed by atoms with Gasteiger partial charge in [0, 0.05) is 0 Å². The van der Waals surface area contributed by atoms with Gasteiger partial charge in [0.05, 0.1) is 0 Å².